The number of nitrogens with one attached hydrogen (secondary N) is 2. The van der Waals surface area contributed by atoms with E-state index in [1.54, 1.807) is 0 Å². The van der Waals surface area contributed by atoms with E-state index in [1.165, 1.54) is 18.4 Å². The van der Waals surface area contributed by atoms with Gasteiger partial charge in [0.2, 0.25) is 0 Å². The van der Waals surface area contributed by atoms with Crippen LogP contribution in [0, 0.1) is 0 Å². The Hall–Kier alpha value is -1.26. The minimum atomic E-state index is 0.513. The highest BCUT2D eigenvalue weighted by Crippen LogP contribution is 2.26. The summed E-state index contributed by atoms with van der Waals surface area (Å²) in [6.07, 6.45) is 3.61. The summed E-state index contributed by atoms with van der Waals surface area (Å²) in [5.74, 6) is 0.859. The number of likely N-dealkylation sites (N-methyl/N-ethyl adjacent to an activating group) is 1. The number of guanidine groups is 1. The molecule has 0 radical (unpaired) electrons. The number of hydrogen-bond acceptors (Lipinski definition) is 2. The number of rotatable bonds is 7. The van der Waals surface area contributed by atoms with Crippen molar-refractivity contribution in [1.82, 2.24) is 15.5 Å². The summed E-state index contributed by atoms with van der Waals surface area (Å²) < 4.78 is 0. The van der Waals surface area contributed by atoms with Crippen molar-refractivity contribution in [2.24, 2.45) is 4.99 Å². The first-order chi connectivity index (χ1) is 10.6. The minimum absolute atomic E-state index is 0.513. The summed E-state index contributed by atoms with van der Waals surface area (Å²) in [4.78, 5) is 6.73. The molecular weight excluding hydrogens is 296 g/mol. The van der Waals surface area contributed by atoms with Crippen LogP contribution in [0.5, 0.6) is 0 Å². The normalized spacial score (nSPS) is 16.7. The molecule has 1 aromatic carbocycles. The SMILES string of the molecule is CN=C(NCCc1cccc(Cl)c1)NCC(C)N(C)C1CC1. The predicted molar refractivity (Wildman–Crippen MR) is 94.8 cm³/mol. The molecule has 2 rings (SSSR count). The fourth-order valence-corrected chi connectivity index (χ4v) is 2.68. The molecule has 1 aliphatic carbocycles. The molecule has 0 amide bonds. The summed E-state index contributed by atoms with van der Waals surface area (Å²) in [5.41, 5.74) is 1.23. The van der Waals surface area contributed by atoms with Gasteiger partial charge in [-0.2, -0.15) is 0 Å². The first-order valence-corrected chi connectivity index (χ1v) is 8.39. The molecule has 1 unspecified atom stereocenters. The fourth-order valence-electron chi connectivity index (χ4n) is 2.47. The highest BCUT2D eigenvalue weighted by atomic mass is 35.5. The maximum absolute atomic E-state index is 6.00. The minimum Gasteiger partial charge on any atom is -0.356 e. The number of nitrogens with zero attached hydrogens (tertiary/aromatic N) is 2. The van der Waals surface area contributed by atoms with E-state index in [-0.39, 0.29) is 0 Å². The Kier molecular flexibility index (Phi) is 6.52. The molecule has 1 aliphatic rings. The third kappa shape index (κ3) is 5.50. The van der Waals surface area contributed by atoms with E-state index in [2.05, 4.69) is 40.6 Å². The van der Waals surface area contributed by atoms with Gasteiger partial charge in [-0.05, 0) is 50.9 Å². The monoisotopic (exact) mass is 322 g/mol. The van der Waals surface area contributed by atoms with Gasteiger partial charge in [-0.1, -0.05) is 23.7 Å². The maximum atomic E-state index is 6.00. The van der Waals surface area contributed by atoms with Crippen LogP contribution in [0.2, 0.25) is 5.02 Å². The number of benzene rings is 1. The van der Waals surface area contributed by atoms with Crippen molar-refractivity contribution < 1.29 is 0 Å². The van der Waals surface area contributed by atoms with Gasteiger partial charge in [-0.15, -0.1) is 0 Å². The first kappa shape index (κ1) is 17.1. The molecule has 0 aliphatic heterocycles. The van der Waals surface area contributed by atoms with Crippen LogP contribution in [0.3, 0.4) is 0 Å². The zero-order chi connectivity index (χ0) is 15.9. The van der Waals surface area contributed by atoms with E-state index in [1.807, 2.05) is 25.2 Å². The largest absolute Gasteiger partial charge is 0.356 e. The Bertz CT molecular complexity index is 499. The lowest BCUT2D eigenvalue weighted by molar-refractivity contribution is 0.247. The average molecular weight is 323 g/mol. The van der Waals surface area contributed by atoms with Gasteiger partial charge in [0.15, 0.2) is 5.96 Å². The van der Waals surface area contributed by atoms with Gasteiger partial charge in [0, 0.05) is 37.2 Å². The van der Waals surface area contributed by atoms with Crippen LogP contribution in [0.15, 0.2) is 29.3 Å². The molecule has 1 aromatic rings. The molecule has 0 bridgehead atoms. The van der Waals surface area contributed by atoms with Gasteiger partial charge >= 0.3 is 0 Å². The molecule has 22 heavy (non-hydrogen) atoms. The molecule has 1 fully saturated rings. The average Bonchev–Trinajstić information content (AvgIpc) is 3.34. The third-order valence-corrected chi connectivity index (χ3v) is 4.44. The molecule has 122 valence electrons. The van der Waals surface area contributed by atoms with Crippen molar-refractivity contribution in [3.63, 3.8) is 0 Å². The Morgan fingerprint density at radius 3 is 2.82 bits per heavy atom. The standard InChI is InChI=1S/C17H27ClN4/c1-13(22(3)16-7-8-16)12-21-17(19-2)20-10-9-14-5-4-6-15(18)11-14/h4-6,11,13,16H,7-10,12H2,1-3H3,(H2,19,20,21). The van der Waals surface area contributed by atoms with Crippen LogP contribution in [0.4, 0.5) is 0 Å². The Morgan fingerprint density at radius 2 is 2.18 bits per heavy atom. The molecule has 2 N–H and O–H groups in total. The van der Waals surface area contributed by atoms with Gasteiger partial charge < -0.3 is 10.6 Å². The quantitative estimate of drug-likeness (QED) is 0.598. The zero-order valence-corrected chi connectivity index (χ0v) is 14.5. The van der Waals surface area contributed by atoms with Gasteiger partial charge in [0.25, 0.3) is 0 Å². The van der Waals surface area contributed by atoms with E-state index in [4.69, 9.17) is 11.6 Å². The van der Waals surface area contributed by atoms with E-state index >= 15 is 0 Å². The summed E-state index contributed by atoms with van der Waals surface area (Å²) >= 11 is 6.00. The molecule has 1 atom stereocenters. The molecule has 0 spiro atoms. The van der Waals surface area contributed by atoms with Crippen molar-refractivity contribution in [1.29, 1.82) is 0 Å². The molecular formula is C17H27ClN4. The second kappa shape index (κ2) is 8.39. The van der Waals surface area contributed by atoms with E-state index in [0.29, 0.717) is 6.04 Å². The maximum Gasteiger partial charge on any atom is 0.191 e. The summed E-state index contributed by atoms with van der Waals surface area (Å²) in [5, 5.41) is 7.54. The number of hydrogen-bond donors (Lipinski definition) is 2. The molecule has 0 aromatic heterocycles. The highest BCUT2D eigenvalue weighted by molar-refractivity contribution is 6.30. The van der Waals surface area contributed by atoms with Crippen LogP contribution in [0.1, 0.15) is 25.3 Å². The lowest BCUT2D eigenvalue weighted by Gasteiger charge is -2.25. The van der Waals surface area contributed by atoms with Crippen molar-refractivity contribution >= 4 is 17.6 Å². The van der Waals surface area contributed by atoms with Gasteiger partial charge in [-0.3, -0.25) is 9.89 Å². The lowest BCUT2D eigenvalue weighted by Crippen LogP contribution is -2.45. The summed E-state index contributed by atoms with van der Waals surface area (Å²) in [6.45, 7) is 4.00. The topological polar surface area (TPSA) is 39.7 Å². The number of aliphatic imine (C=N–C) groups is 1. The molecule has 4 nitrogen and oxygen atoms in total. The smallest absolute Gasteiger partial charge is 0.191 e. The first-order valence-electron chi connectivity index (χ1n) is 8.01. The highest BCUT2D eigenvalue weighted by Gasteiger charge is 2.28. The van der Waals surface area contributed by atoms with Gasteiger partial charge in [0.1, 0.15) is 0 Å². The van der Waals surface area contributed by atoms with Gasteiger partial charge in [-0.25, -0.2) is 0 Å². The van der Waals surface area contributed by atoms with Crippen LogP contribution in [-0.4, -0.2) is 50.1 Å². The fraction of sp³-hybridized carbons (Fsp3) is 0.588. The van der Waals surface area contributed by atoms with E-state index in [9.17, 15) is 0 Å². The predicted octanol–water partition coefficient (Wildman–Crippen LogP) is 2.53. The molecule has 5 heteroatoms. The Morgan fingerprint density at radius 1 is 1.41 bits per heavy atom. The van der Waals surface area contributed by atoms with Crippen LogP contribution >= 0.6 is 11.6 Å². The lowest BCUT2D eigenvalue weighted by atomic mass is 10.1. The van der Waals surface area contributed by atoms with Crippen molar-refractivity contribution in [3.8, 4) is 0 Å². The number of halogens is 1. The zero-order valence-electron chi connectivity index (χ0n) is 13.8. The molecule has 0 heterocycles. The van der Waals surface area contributed by atoms with E-state index in [0.717, 1.165) is 36.5 Å². The second-order valence-electron chi connectivity index (χ2n) is 6.01. The van der Waals surface area contributed by atoms with Crippen molar-refractivity contribution in [2.45, 2.75) is 38.3 Å². The summed E-state index contributed by atoms with van der Waals surface area (Å²) in [7, 11) is 4.02. The van der Waals surface area contributed by atoms with E-state index < -0.39 is 0 Å². The molecule has 0 saturated heterocycles. The van der Waals surface area contributed by atoms with Crippen LogP contribution in [0.25, 0.3) is 0 Å². The Labute approximate surface area is 138 Å². The Balaban J connectivity index is 1.68. The van der Waals surface area contributed by atoms with Crippen LogP contribution in [-0.2, 0) is 6.42 Å². The van der Waals surface area contributed by atoms with Crippen molar-refractivity contribution in [3.05, 3.63) is 34.9 Å². The van der Waals surface area contributed by atoms with Crippen molar-refractivity contribution in [2.75, 3.05) is 27.2 Å². The molecule has 1 saturated carbocycles. The third-order valence-electron chi connectivity index (χ3n) is 4.20. The van der Waals surface area contributed by atoms with Crippen LogP contribution < -0.4 is 10.6 Å². The summed E-state index contributed by atoms with van der Waals surface area (Å²) in [6, 6.07) is 9.29. The van der Waals surface area contributed by atoms with Gasteiger partial charge in [0.05, 0.1) is 0 Å². The second-order valence-corrected chi connectivity index (χ2v) is 6.44.